The maximum absolute atomic E-state index is 5.73. The fourth-order valence-electron chi connectivity index (χ4n) is 2.97. The van der Waals surface area contributed by atoms with Gasteiger partial charge in [0.15, 0.2) is 0 Å². The molecule has 4 rings (SSSR count). The first kappa shape index (κ1) is 15.3. The van der Waals surface area contributed by atoms with Crippen LogP contribution in [0.4, 0.5) is 0 Å². The summed E-state index contributed by atoms with van der Waals surface area (Å²) in [6, 6.07) is 10.2. The van der Waals surface area contributed by atoms with E-state index in [0.717, 1.165) is 23.6 Å². The second kappa shape index (κ2) is 7.12. The fourth-order valence-corrected chi connectivity index (χ4v) is 3.75. The van der Waals surface area contributed by atoms with Crippen LogP contribution in [-0.2, 0) is 5.75 Å². The van der Waals surface area contributed by atoms with E-state index in [1.54, 1.807) is 0 Å². The number of hydrogen-bond acceptors (Lipinski definition) is 7. The van der Waals surface area contributed by atoms with Crippen LogP contribution in [-0.4, -0.2) is 30.4 Å². The van der Waals surface area contributed by atoms with Crippen molar-refractivity contribution in [1.29, 1.82) is 0 Å². The lowest BCUT2D eigenvalue weighted by Crippen LogP contribution is -2.15. The molecule has 1 aliphatic rings. The molecule has 3 aromatic rings. The number of nitrogens with zero attached hydrogens (tertiary/aromatic N) is 6. The van der Waals surface area contributed by atoms with Gasteiger partial charge in [0, 0.05) is 5.56 Å². The molecule has 7 nitrogen and oxygen atoms in total. The molecular formula is C16H18N6OS. The zero-order valence-electron chi connectivity index (χ0n) is 13.2. The van der Waals surface area contributed by atoms with Crippen molar-refractivity contribution in [2.75, 3.05) is 0 Å². The summed E-state index contributed by atoms with van der Waals surface area (Å²) in [4.78, 5) is 0. The van der Waals surface area contributed by atoms with E-state index < -0.39 is 0 Å². The summed E-state index contributed by atoms with van der Waals surface area (Å²) < 4.78 is 7.69. The van der Waals surface area contributed by atoms with Crippen molar-refractivity contribution < 1.29 is 4.42 Å². The highest BCUT2D eigenvalue weighted by atomic mass is 32.2. The van der Waals surface area contributed by atoms with Crippen molar-refractivity contribution in [3.63, 3.8) is 0 Å². The molecule has 2 aromatic heterocycles. The van der Waals surface area contributed by atoms with Crippen LogP contribution in [0.25, 0.3) is 11.5 Å². The van der Waals surface area contributed by atoms with Gasteiger partial charge in [-0.25, -0.2) is 4.68 Å². The van der Waals surface area contributed by atoms with E-state index in [9.17, 15) is 0 Å². The van der Waals surface area contributed by atoms with Crippen LogP contribution < -0.4 is 0 Å². The van der Waals surface area contributed by atoms with Crippen LogP contribution >= 0.6 is 11.8 Å². The highest BCUT2D eigenvalue weighted by Gasteiger charge is 2.20. The van der Waals surface area contributed by atoms with Crippen molar-refractivity contribution in [1.82, 2.24) is 30.4 Å². The van der Waals surface area contributed by atoms with Crippen LogP contribution in [0.15, 0.2) is 39.9 Å². The van der Waals surface area contributed by atoms with E-state index in [1.165, 1.54) is 31.0 Å². The standard InChI is InChI=1S/C16H18N6OS/c1-3-7-12(8-4-1)15-18-17-14(23-15)11-24-16-19-20-21-22(16)13-9-5-2-6-10-13/h1,3-4,7-8,13H,2,5-6,9-11H2. The molecule has 8 heteroatoms. The van der Waals surface area contributed by atoms with E-state index in [2.05, 4.69) is 25.7 Å². The molecule has 0 spiro atoms. The monoisotopic (exact) mass is 342 g/mol. The maximum atomic E-state index is 5.73. The normalized spacial score (nSPS) is 15.7. The highest BCUT2D eigenvalue weighted by Crippen LogP contribution is 2.31. The first-order valence-corrected chi connectivity index (χ1v) is 9.17. The molecular weight excluding hydrogens is 324 g/mol. The fraction of sp³-hybridized carbons (Fsp3) is 0.438. The number of thioether (sulfide) groups is 1. The SMILES string of the molecule is c1ccc(-c2nnc(CSc3nnnn3C3CCCCC3)o2)cc1. The van der Waals surface area contributed by atoms with E-state index in [-0.39, 0.29) is 0 Å². The van der Waals surface area contributed by atoms with Gasteiger partial charge < -0.3 is 4.42 Å². The Hall–Kier alpha value is -2.22. The number of hydrogen-bond donors (Lipinski definition) is 0. The van der Waals surface area contributed by atoms with Gasteiger partial charge in [-0.15, -0.1) is 15.3 Å². The van der Waals surface area contributed by atoms with Crippen molar-refractivity contribution in [2.45, 2.75) is 49.1 Å². The van der Waals surface area contributed by atoms with Crippen molar-refractivity contribution >= 4 is 11.8 Å². The van der Waals surface area contributed by atoms with Gasteiger partial charge in [-0.05, 0) is 35.4 Å². The molecule has 0 aliphatic heterocycles. The summed E-state index contributed by atoms with van der Waals surface area (Å²) in [6.07, 6.45) is 6.11. The molecule has 1 saturated carbocycles. The molecule has 24 heavy (non-hydrogen) atoms. The van der Waals surface area contributed by atoms with E-state index in [1.807, 2.05) is 35.0 Å². The minimum absolute atomic E-state index is 0.416. The second-order valence-electron chi connectivity index (χ2n) is 5.85. The van der Waals surface area contributed by atoms with Gasteiger partial charge >= 0.3 is 0 Å². The summed E-state index contributed by atoms with van der Waals surface area (Å²) in [7, 11) is 0. The van der Waals surface area contributed by atoms with E-state index >= 15 is 0 Å². The summed E-state index contributed by atoms with van der Waals surface area (Å²) in [5, 5.41) is 21.2. The lowest BCUT2D eigenvalue weighted by atomic mass is 9.96. The Bertz CT molecular complexity index is 781. The average molecular weight is 342 g/mol. The zero-order chi connectivity index (χ0) is 16.2. The predicted octanol–water partition coefficient (Wildman–Crippen LogP) is 3.52. The Morgan fingerprint density at radius 3 is 2.71 bits per heavy atom. The van der Waals surface area contributed by atoms with Crippen molar-refractivity contribution in [2.24, 2.45) is 0 Å². The molecule has 1 aromatic carbocycles. The molecule has 0 unspecified atom stereocenters. The van der Waals surface area contributed by atoms with Crippen LogP contribution in [0.1, 0.15) is 44.0 Å². The van der Waals surface area contributed by atoms with E-state index in [4.69, 9.17) is 4.42 Å². The third kappa shape index (κ3) is 3.33. The minimum atomic E-state index is 0.416. The van der Waals surface area contributed by atoms with Gasteiger partial charge in [0.05, 0.1) is 11.8 Å². The Kier molecular flexibility index (Phi) is 4.55. The first-order valence-electron chi connectivity index (χ1n) is 8.18. The Morgan fingerprint density at radius 1 is 1.04 bits per heavy atom. The van der Waals surface area contributed by atoms with Gasteiger partial charge in [0.1, 0.15) is 0 Å². The summed E-state index contributed by atoms with van der Waals surface area (Å²) in [5.74, 6) is 1.68. The highest BCUT2D eigenvalue weighted by molar-refractivity contribution is 7.98. The molecule has 0 N–H and O–H groups in total. The predicted molar refractivity (Wildman–Crippen MR) is 89.2 cm³/mol. The number of aromatic nitrogens is 6. The van der Waals surface area contributed by atoms with Crippen molar-refractivity contribution in [3.05, 3.63) is 36.2 Å². The largest absolute Gasteiger partial charge is 0.420 e. The number of tetrazole rings is 1. The lowest BCUT2D eigenvalue weighted by molar-refractivity contribution is 0.307. The molecule has 0 saturated heterocycles. The Labute approximate surface area is 143 Å². The van der Waals surface area contributed by atoms with Gasteiger partial charge in [0.25, 0.3) is 0 Å². The molecule has 1 aliphatic carbocycles. The molecule has 0 radical (unpaired) electrons. The molecule has 2 heterocycles. The number of benzene rings is 1. The molecule has 1 fully saturated rings. The van der Waals surface area contributed by atoms with Crippen LogP contribution in [0.2, 0.25) is 0 Å². The summed E-state index contributed by atoms with van der Waals surface area (Å²) in [5.41, 5.74) is 0.924. The molecule has 124 valence electrons. The van der Waals surface area contributed by atoms with Gasteiger partial charge in [-0.2, -0.15) is 0 Å². The van der Waals surface area contributed by atoms with Crippen molar-refractivity contribution in [3.8, 4) is 11.5 Å². The lowest BCUT2D eigenvalue weighted by Gasteiger charge is -2.21. The smallest absolute Gasteiger partial charge is 0.247 e. The second-order valence-corrected chi connectivity index (χ2v) is 6.80. The van der Waals surface area contributed by atoms with Crippen LogP contribution in [0, 0.1) is 0 Å². The Balaban J connectivity index is 1.43. The summed E-state index contributed by atoms with van der Waals surface area (Å²) in [6.45, 7) is 0. The first-order chi connectivity index (χ1) is 11.9. The van der Waals surface area contributed by atoms with Gasteiger partial charge in [-0.1, -0.05) is 49.2 Å². The van der Waals surface area contributed by atoms with Crippen LogP contribution in [0.5, 0.6) is 0 Å². The molecule has 0 bridgehead atoms. The van der Waals surface area contributed by atoms with Gasteiger partial charge in [0.2, 0.25) is 16.9 Å². The molecule has 0 atom stereocenters. The third-order valence-electron chi connectivity index (χ3n) is 4.20. The summed E-state index contributed by atoms with van der Waals surface area (Å²) >= 11 is 1.54. The maximum Gasteiger partial charge on any atom is 0.247 e. The molecule has 0 amide bonds. The number of rotatable bonds is 5. The quantitative estimate of drug-likeness (QED) is 0.656. The zero-order valence-corrected chi connectivity index (χ0v) is 14.0. The van der Waals surface area contributed by atoms with Crippen LogP contribution in [0.3, 0.4) is 0 Å². The van der Waals surface area contributed by atoms with Gasteiger partial charge in [-0.3, -0.25) is 0 Å². The third-order valence-corrected chi connectivity index (χ3v) is 5.11. The average Bonchev–Trinajstić information content (AvgIpc) is 3.31. The van der Waals surface area contributed by atoms with E-state index in [0.29, 0.717) is 23.6 Å². The minimum Gasteiger partial charge on any atom is -0.420 e. The topological polar surface area (TPSA) is 82.5 Å². The Morgan fingerprint density at radius 2 is 1.88 bits per heavy atom.